The summed E-state index contributed by atoms with van der Waals surface area (Å²) in [6.45, 7) is 1.32. The lowest BCUT2D eigenvalue weighted by atomic mass is 9.92. The Morgan fingerprint density at radius 2 is 2.09 bits per heavy atom. The Bertz CT molecular complexity index is 549. The van der Waals surface area contributed by atoms with Crippen molar-refractivity contribution < 1.29 is 9.90 Å². The van der Waals surface area contributed by atoms with Crippen LogP contribution in [-0.4, -0.2) is 47.7 Å². The molecule has 1 aromatic heterocycles. The topological polar surface area (TPSA) is 65.5 Å². The van der Waals surface area contributed by atoms with Crippen LogP contribution in [0.3, 0.4) is 0 Å². The molecular weight excluding hydrogens is 358 g/mol. The van der Waals surface area contributed by atoms with Gasteiger partial charge in [-0.3, -0.25) is 4.79 Å². The van der Waals surface area contributed by atoms with Gasteiger partial charge in [-0.15, -0.1) is 0 Å². The average molecular weight is 382 g/mol. The molecule has 23 heavy (non-hydrogen) atoms. The van der Waals surface area contributed by atoms with Gasteiger partial charge in [-0.1, -0.05) is 19.3 Å². The number of nitrogens with one attached hydrogen (secondary N) is 1. The summed E-state index contributed by atoms with van der Waals surface area (Å²) in [4.78, 5) is 17.6. The molecule has 5 nitrogen and oxygen atoms in total. The van der Waals surface area contributed by atoms with E-state index in [9.17, 15) is 9.90 Å². The van der Waals surface area contributed by atoms with Crippen LogP contribution in [0.4, 0.5) is 5.82 Å². The zero-order valence-electron chi connectivity index (χ0n) is 13.2. The van der Waals surface area contributed by atoms with E-state index < -0.39 is 6.10 Å². The molecule has 0 aromatic carbocycles. The molecule has 1 aliphatic carbocycles. The van der Waals surface area contributed by atoms with Crippen LogP contribution in [0, 0.1) is 0 Å². The van der Waals surface area contributed by atoms with Crippen LogP contribution in [0.2, 0.25) is 0 Å². The van der Waals surface area contributed by atoms with Gasteiger partial charge in [-0.05, 0) is 41.3 Å². The second kappa shape index (κ2) is 7.73. The Hall–Kier alpha value is -0.980. The minimum absolute atomic E-state index is 0.143. The molecule has 3 rings (SSSR count). The van der Waals surface area contributed by atoms with Gasteiger partial charge in [0.05, 0.1) is 11.7 Å². The third-order valence-electron chi connectivity index (χ3n) is 4.93. The maximum atomic E-state index is 11.3. The van der Waals surface area contributed by atoms with Crippen molar-refractivity contribution in [3.63, 3.8) is 0 Å². The first-order chi connectivity index (χ1) is 11.2. The highest BCUT2D eigenvalue weighted by atomic mass is 79.9. The number of pyridine rings is 1. The van der Waals surface area contributed by atoms with E-state index in [1.807, 2.05) is 4.90 Å². The van der Waals surface area contributed by atoms with Crippen molar-refractivity contribution >= 4 is 28.0 Å². The van der Waals surface area contributed by atoms with E-state index >= 15 is 0 Å². The Balaban J connectivity index is 1.63. The highest BCUT2D eigenvalue weighted by Crippen LogP contribution is 2.25. The molecular formula is C17H24BrN3O2. The SMILES string of the molecule is O=Cc1cc(Br)cnc1N1CCC(NC2CCCCC2)C(O)C1. The fourth-order valence-corrected chi connectivity index (χ4v) is 4.04. The van der Waals surface area contributed by atoms with E-state index in [2.05, 4.69) is 26.2 Å². The normalized spacial score (nSPS) is 26.3. The summed E-state index contributed by atoms with van der Waals surface area (Å²) in [5.41, 5.74) is 0.560. The molecule has 1 saturated carbocycles. The number of rotatable bonds is 4. The van der Waals surface area contributed by atoms with Gasteiger partial charge in [0.1, 0.15) is 5.82 Å². The van der Waals surface area contributed by atoms with Gasteiger partial charge in [-0.2, -0.15) is 0 Å². The number of hydrogen-bond acceptors (Lipinski definition) is 5. The quantitative estimate of drug-likeness (QED) is 0.784. The smallest absolute Gasteiger partial charge is 0.153 e. The Morgan fingerprint density at radius 3 is 2.78 bits per heavy atom. The Morgan fingerprint density at radius 1 is 1.30 bits per heavy atom. The van der Waals surface area contributed by atoms with Crippen molar-refractivity contribution in [3.05, 3.63) is 22.3 Å². The zero-order valence-corrected chi connectivity index (χ0v) is 14.8. The van der Waals surface area contributed by atoms with Gasteiger partial charge in [-0.25, -0.2) is 4.98 Å². The molecule has 1 aliphatic heterocycles. The number of carbonyl (C=O) groups is 1. The molecule has 1 aromatic rings. The van der Waals surface area contributed by atoms with E-state index in [-0.39, 0.29) is 6.04 Å². The predicted molar refractivity (Wildman–Crippen MR) is 94.0 cm³/mol. The zero-order chi connectivity index (χ0) is 16.2. The number of piperidine rings is 1. The van der Waals surface area contributed by atoms with Crippen molar-refractivity contribution in [2.45, 2.75) is 56.7 Å². The first-order valence-electron chi connectivity index (χ1n) is 8.47. The molecule has 0 radical (unpaired) electrons. The summed E-state index contributed by atoms with van der Waals surface area (Å²) < 4.78 is 0.790. The number of nitrogens with zero attached hydrogens (tertiary/aromatic N) is 2. The van der Waals surface area contributed by atoms with Gasteiger partial charge >= 0.3 is 0 Å². The Labute approximate surface area is 145 Å². The van der Waals surface area contributed by atoms with Crippen LogP contribution in [0.1, 0.15) is 48.9 Å². The van der Waals surface area contributed by atoms with Crippen LogP contribution in [0.25, 0.3) is 0 Å². The number of hydrogen-bond donors (Lipinski definition) is 2. The molecule has 0 bridgehead atoms. The van der Waals surface area contributed by atoms with Crippen molar-refractivity contribution in [2.75, 3.05) is 18.0 Å². The highest BCUT2D eigenvalue weighted by Gasteiger charge is 2.31. The van der Waals surface area contributed by atoms with E-state index in [4.69, 9.17) is 0 Å². The summed E-state index contributed by atoms with van der Waals surface area (Å²) in [6.07, 6.45) is 9.31. The third-order valence-corrected chi connectivity index (χ3v) is 5.36. The largest absolute Gasteiger partial charge is 0.390 e. The van der Waals surface area contributed by atoms with Gasteiger partial charge in [0.2, 0.25) is 0 Å². The van der Waals surface area contributed by atoms with Crippen molar-refractivity contribution in [2.24, 2.45) is 0 Å². The van der Waals surface area contributed by atoms with Gasteiger partial charge in [0.15, 0.2) is 6.29 Å². The van der Waals surface area contributed by atoms with E-state index in [1.165, 1.54) is 32.1 Å². The molecule has 6 heteroatoms. The Kier molecular flexibility index (Phi) is 5.67. The van der Waals surface area contributed by atoms with E-state index in [1.54, 1.807) is 12.3 Å². The number of carbonyl (C=O) groups excluding carboxylic acids is 1. The van der Waals surface area contributed by atoms with Crippen molar-refractivity contribution in [1.29, 1.82) is 0 Å². The standard InChI is InChI=1S/C17H24BrN3O2/c18-13-8-12(11-22)17(19-9-13)21-7-6-15(16(23)10-21)20-14-4-2-1-3-5-14/h8-9,11,14-16,20,23H,1-7,10H2. The van der Waals surface area contributed by atoms with Crippen LogP contribution in [0.5, 0.6) is 0 Å². The number of aliphatic hydroxyl groups excluding tert-OH is 1. The lowest BCUT2D eigenvalue weighted by Gasteiger charge is -2.39. The average Bonchev–Trinajstić information content (AvgIpc) is 2.57. The molecule has 2 heterocycles. The number of aromatic nitrogens is 1. The summed E-state index contributed by atoms with van der Waals surface area (Å²) in [5.74, 6) is 0.665. The second-order valence-corrected chi connectivity index (χ2v) is 7.51. The number of anilines is 1. The van der Waals surface area contributed by atoms with Crippen LogP contribution in [0.15, 0.2) is 16.7 Å². The predicted octanol–water partition coefficient (Wildman–Crippen LogP) is 2.52. The van der Waals surface area contributed by atoms with Crippen LogP contribution >= 0.6 is 15.9 Å². The maximum absolute atomic E-state index is 11.3. The highest BCUT2D eigenvalue weighted by molar-refractivity contribution is 9.10. The van der Waals surface area contributed by atoms with Gasteiger partial charge < -0.3 is 15.3 Å². The number of aldehydes is 1. The lowest BCUT2D eigenvalue weighted by molar-refractivity contribution is 0.102. The van der Waals surface area contributed by atoms with Gasteiger partial charge in [0.25, 0.3) is 0 Å². The fourth-order valence-electron chi connectivity index (χ4n) is 3.69. The minimum Gasteiger partial charge on any atom is -0.390 e. The maximum Gasteiger partial charge on any atom is 0.153 e. The molecule has 1 saturated heterocycles. The summed E-state index contributed by atoms with van der Waals surface area (Å²) in [7, 11) is 0. The molecule has 0 amide bonds. The first kappa shape index (κ1) is 16.9. The molecule has 126 valence electrons. The van der Waals surface area contributed by atoms with Crippen LogP contribution < -0.4 is 10.2 Å². The molecule has 2 unspecified atom stereocenters. The van der Waals surface area contributed by atoms with E-state index in [0.29, 0.717) is 24.0 Å². The second-order valence-electron chi connectivity index (χ2n) is 6.59. The van der Waals surface area contributed by atoms with Crippen molar-refractivity contribution in [1.82, 2.24) is 10.3 Å². The van der Waals surface area contributed by atoms with Crippen molar-refractivity contribution in [3.8, 4) is 0 Å². The monoisotopic (exact) mass is 381 g/mol. The molecule has 2 N–H and O–H groups in total. The van der Waals surface area contributed by atoms with Crippen LogP contribution in [-0.2, 0) is 0 Å². The van der Waals surface area contributed by atoms with E-state index in [0.717, 1.165) is 23.7 Å². The number of halogens is 1. The third kappa shape index (κ3) is 4.11. The summed E-state index contributed by atoms with van der Waals surface area (Å²) in [6, 6.07) is 2.46. The summed E-state index contributed by atoms with van der Waals surface area (Å²) in [5, 5.41) is 14.2. The number of β-amino-alcohol motifs (C(OH)–C–C–N with tert-alkyl or cyclic N) is 1. The molecule has 0 spiro atoms. The van der Waals surface area contributed by atoms with Gasteiger partial charge in [0, 0.05) is 35.8 Å². The lowest BCUT2D eigenvalue weighted by Crippen LogP contribution is -2.55. The summed E-state index contributed by atoms with van der Waals surface area (Å²) >= 11 is 3.34. The minimum atomic E-state index is -0.435. The molecule has 2 aliphatic rings. The molecule has 2 fully saturated rings. The first-order valence-corrected chi connectivity index (χ1v) is 9.26. The number of aliphatic hydroxyl groups is 1. The molecule has 2 atom stereocenters. The fraction of sp³-hybridized carbons (Fsp3) is 0.647.